The van der Waals surface area contributed by atoms with Gasteiger partial charge in [-0.15, -0.1) is 0 Å². The lowest BCUT2D eigenvalue weighted by atomic mass is 10.3. The Labute approximate surface area is 118 Å². The zero-order chi connectivity index (χ0) is 14.4. The van der Waals surface area contributed by atoms with E-state index < -0.39 is 0 Å². The summed E-state index contributed by atoms with van der Waals surface area (Å²) in [6, 6.07) is 8.52. The first kappa shape index (κ1) is 13.9. The topological polar surface area (TPSA) is 67.3 Å². The number of phenols is 1. The van der Waals surface area contributed by atoms with Gasteiger partial charge in [0, 0.05) is 17.8 Å². The van der Waals surface area contributed by atoms with Crippen LogP contribution in [0.1, 0.15) is 20.3 Å². The molecule has 0 fully saturated rings. The first-order chi connectivity index (χ1) is 9.67. The molecule has 0 unspecified atom stereocenters. The minimum absolute atomic E-state index is 0.197. The number of aromatic hydroxyl groups is 1. The van der Waals surface area contributed by atoms with Gasteiger partial charge in [0.25, 0.3) is 0 Å². The van der Waals surface area contributed by atoms with Crippen LogP contribution < -0.4 is 10.1 Å². The molecule has 0 atom stereocenters. The van der Waals surface area contributed by atoms with Crippen LogP contribution in [0.15, 0.2) is 48.5 Å². The third-order valence-electron chi connectivity index (χ3n) is 2.52. The SMILES string of the molecule is CCC=C(C)Oc1cc(Nc2cccc(O)c2)ncn1. The molecule has 2 N–H and O–H groups in total. The van der Waals surface area contributed by atoms with Crippen LogP contribution in [0.25, 0.3) is 0 Å². The fraction of sp³-hybridized carbons (Fsp3) is 0.200. The summed E-state index contributed by atoms with van der Waals surface area (Å²) in [5, 5.41) is 12.5. The van der Waals surface area contributed by atoms with Crippen LogP contribution in [0.3, 0.4) is 0 Å². The molecule has 0 amide bonds. The second kappa shape index (κ2) is 6.56. The Hall–Kier alpha value is -2.56. The van der Waals surface area contributed by atoms with E-state index in [2.05, 4.69) is 15.3 Å². The highest BCUT2D eigenvalue weighted by atomic mass is 16.5. The third kappa shape index (κ3) is 3.98. The van der Waals surface area contributed by atoms with E-state index in [0.717, 1.165) is 17.9 Å². The molecule has 20 heavy (non-hydrogen) atoms. The monoisotopic (exact) mass is 271 g/mol. The second-order valence-electron chi connectivity index (χ2n) is 4.24. The molecule has 0 aliphatic carbocycles. The number of hydrogen-bond donors (Lipinski definition) is 2. The van der Waals surface area contributed by atoms with Crippen molar-refractivity contribution in [2.75, 3.05) is 5.32 Å². The van der Waals surface area contributed by atoms with Crippen molar-refractivity contribution in [2.24, 2.45) is 0 Å². The van der Waals surface area contributed by atoms with Crippen molar-refractivity contribution in [3.8, 4) is 11.6 Å². The molecule has 104 valence electrons. The fourth-order valence-corrected chi connectivity index (χ4v) is 1.69. The molecule has 5 nitrogen and oxygen atoms in total. The number of aromatic nitrogens is 2. The molecular weight excluding hydrogens is 254 g/mol. The highest BCUT2D eigenvalue weighted by molar-refractivity contribution is 5.58. The molecule has 0 saturated heterocycles. The van der Waals surface area contributed by atoms with E-state index in [1.807, 2.05) is 26.0 Å². The number of phenolic OH excluding ortho intramolecular Hbond substituents is 1. The van der Waals surface area contributed by atoms with E-state index >= 15 is 0 Å². The molecule has 5 heteroatoms. The van der Waals surface area contributed by atoms with Crippen LogP contribution in [0.5, 0.6) is 11.6 Å². The van der Waals surface area contributed by atoms with Gasteiger partial charge in [0.05, 0.1) is 5.76 Å². The maximum Gasteiger partial charge on any atom is 0.223 e. The van der Waals surface area contributed by atoms with E-state index in [-0.39, 0.29) is 5.75 Å². The number of allylic oxidation sites excluding steroid dienone is 2. The summed E-state index contributed by atoms with van der Waals surface area (Å²) < 4.78 is 5.58. The minimum Gasteiger partial charge on any atom is -0.508 e. The smallest absolute Gasteiger partial charge is 0.223 e. The highest BCUT2D eigenvalue weighted by Crippen LogP contribution is 2.21. The molecular formula is C15H17N3O2. The summed E-state index contributed by atoms with van der Waals surface area (Å²) in [7, 11) is 0. The highest BCUT2D eigenvalue weighted by Gasteiger charge is 2.02. The molecule has 1 heterocycles. The molecule has 0 aliphatic rings. The van der Waals surface area contributed by atoms with Gasteiger partial charge in [0.15, 0.2) is 0 Å². The Kier molecular flexibility index (Phi) is 4.55. The van der Waals surface area contributed by atoms with Crippen LogP contribution in [0.4, 0.5) is 11.5 Å². The predicted octanol–water partition coefficient (Wildman–Crippen LogP) is 3.62. The lowest BCUT2D eigenvalue weighted by molar-refractivity contribution is 0.408. The Morgan fingerprint density at radius 3 is 2.95 bits per heavy atom. The van der Waals surface area contributed by atoms with Gasteiger partial charge < -0.3 is 15.2 Å². The largest absolute Gasteiger partial charge is 0.508 e. The summed E-state index contributed by atoms with van der Waals surface area (Å²) in [5.74, 6) is 2.08. The molecule has 0 spiro atoms. The molecule has 0 radical (unpaired) electrons. The first-order valence-corrected chi connectivity index (χ1v) is 6.40. The Morgan fingerprint density at radius 2 is 2.20 bits per heavy atom. The van der Waals surface area contributed by atoms with E-state index in [4.69, 9.17) is 4.74 Å². The predicted molar refractivity (Wildman–Crippen MR) is 78.1 cm³/mol. The van der Waals surface area contributed by atoms with Crippen molar-refractivity contribution in [3.63, 3.8) is 0 Å². The first-order valence-electron chi connectivity index (χ1n) is 6.40. The van der Waals surface area contributed by atoms with Crippen molar-refractivity contribution in [3.05, 3.63) is 48.5 Å². The molecule has 1 aromatic heterocycles. The number of hydrogen-bond acceptors (Lipinski definition) is 5. The van der Waals surface area contributed by atoms with E-state index in [1.165, 1.54) is 6.33 Å². The maximum atomic E-state index is 9.42. The van der Waals surface area contributed by atoms with Gasteiger partial charge in [0.2, 0.25) is 5.88 Å². The summed E-state index contributed by atoms with van der Waals surface area (Å²) in [4.78, 5) is 8.17. The molecule has 0 saturated carbocycles. The number of benzene rings is 1. The van der Waals surface area contributed by atoms with Gasteiger partial charge in [-0.2, -0.15) is 0 Å². The molecule has 2 aromatic rings. The second-order valence-corrected chi connectivity index (χ2v) is 4.24. The normalized spacial score (nSPS) is 11.2. The lowest BCUT2D eigenvalue weighted by Crippen LogP contribution is -1.98. The summed E-state index contributed by atoms with van der Waals surface area (Å²) >= 11 is 0. The van der Waals surface area contributed by atoms with Crippen molar-refractivity contribution >= 4 is 11.5 Å². The maximum absolute atomic E-state index is 9.42. The summed E-state index contributed by atoms with van der Waals surface area (Å²) in [6.45, 7) is 3.93. The van der Waals surface area contributed by atoms with Crippen LogP contribution in [-0.4, -0.2) is 15.1 Å². The average Bonchev–Trinajstić information content (AvgIpc) is 2.39. The number of rotatable bonds is 5. The Balaban J connectivity index is 2.12. The van der Waals surface area contributed by atoms with Gasteiger partial charge in [-0.25, -0.2) is 9.97 Å². The van der Waals surface area contributed by atoms with Gasteiger partial charge >= 0.3 is 0 Å². The van der Waals surface area contributed by atoms with Crippen molar-refractivity contribution in [1.29, 1.82) is 0 Å². The van der Waals surface area contributed by atoms with Crippen molar-refractivity contribution in [1.82, 2.24) is 9.97 Å². The van der Waals surface area contributed by atoms with Crippen LogP contribution in [0, 0.1) is 0 Å². The Morgan fingerprint density at radius 1 is 1.35 bits per heavy atom. The lowest BCUT2D eigenvalue weighted by Gasteiger charge is -2.08. The number of ether oxygens (including phenoxy) is 1. The summed E-state index contributed by atoms with van der Waals surface area (Å²) in [6.07, 6.45) is 4.31. The van der Waals surface area contributed by atoms with Crippen molar-refractivity contribution in [2.45, 2.75) is 20.3 Å². The molecule has 1 aromatic carbocycles. The summed E-state index contributed by atoms with van der Waals surface area (Å²) in [5.41, 5.74) is 0.746. The van der Waals surface area contributed by atoms with Gasteiger partial charge in [-0.3, -0.25) is 0 Å². The molecule has 0 aliphatic heterocycles. The van der Waals surface area contributed by atoms with Crippen LogP contribution in [-0.2, 0) is 0 Å². The minimum atomic E-state index is 0.197. The van der Waals surface area contributed by atoms with Crippen LogP contribution >= 0.6 is 0 Å². The average molecular weight is 271 g/mol. The zero-order valence-corrected chi connectivity index (χ0v) is 11.5. The van der Waals surface area contributed by atoms with E-state index in [9.17, 15) is 5.11 Å². The Bertz CT molecular complexity index is 612. The number of nitrogens with zero attached hydrogens (tertiary/aromatic N) is 2. The van der Waals surface area contributed by atoms with Gasteiger partial charge in [-0.05, 0) is 31.6 Å². The standard InChI is InChI=1S/C15H17N3O2/c1-3-5-11(2)20-15-9-14(16-10-17-15)18-12-6-4-7-13(19)8-12/h4-10,19H,3H2,1-2H3,(H,16,17,18). The fourth-order valence-electron chi connectivity index (χ4n) is 1.69. The quantitative estimate of drug-likeness (QED) is 0.813. The van der Waals surface area contributed by atoms with Crippen molar-refractivity contribution < 1.29 is 9.84 Å². The van der Waals surface area contributed by atoms with Gasteiger partial charge in [0.1, 0.15) is 17.9 Å². The van der Waals surface area contributed by atoms with Gasteiger partial charge in [-0.1, -0.05) is 13.0 Å². The molecule has 2 rings (SSSR count). The van der Waals surface area contributed by atoms with E-state index in [1.54, 1.807) is 24.3 Å². The number of nitrogens with one attached hydrogen (secondary N) is 1. The third-order valence-corrected chi connectivity index (χ3v) is 2.52. The molecule has 0 bridgehead atoms. The van der Waals surface area contributed by atoms with Crippen LogP contribution in [0.2, 0.25) is 0 Å². The van der Waals surface area contributed by atoms with E-state index in [0.29, 0.717) is 11.7 Å². The number of anilines is 2. The zero-order valence-electron chi connectivity index (χ0n) is 11.5.